The molecule has 2 aliphatic rings. The number of halogens is 1. The van der Waals surface area contributed by atoms with E-state index in [1.807, 2.05) is 25.3 Å². The van der Waals surface area contributed by atoms with Gasteiger partial charge in [0.25, 0.3) is 0 Å². The van der Waals surface area contributed by atoms with Gasteiger partial charge < -0.3 is 9.88 Å². The number of piperidine rings is 2. The molecule has 1 spiro atoms. The van der Waals surface area contributed by atoms with Crippen molar-refractivity contribution in [3.8, 4) is 0 Å². The van der Waals surface area contributed by atoms with E-state index in [4.69, 9.17) is 0 Å². The van der Waals surface area contributed by atoms with Gasteiger partial charge in [-0.25, -0.2) is 9.37 Å². The van der Waals surface area contributed by atoms with Crippen LogP contribution in [-0.4, -0.2) is 51.9 Å². The fraction of sp³-hybridized carbons (Fsp3) is 0.545. The molecule has 2 aromatic rings. The Hall–Kier alpha value is -2.21. The number of aryl methyl sites for hydroxylation is 1. The van der Waals surface area contributed by atoms with Crippen molar-refractivity contribution in [1.82, 2.24) is 19.8 Å². The van der Waals surface area contributed by atoms with Crippen LogP contribution in [0, 0.1) is 18.2 Å². The number of carbonyl (C=O) groups excluding carboxylic acids is 1. The topological polar surface area (TPSA) is 52.2 Å². The molecule has 0 saturated carbocycles. The first kappa shape index (κ1) is 19.1. The second kappa shape index (κ2) is 8.03. The molecule has 1 amide bonds. The zero-order valence-electron chi connectivity index (χ0n) is 16.6. The van der Waals surface area contributed by atoms with E-state index in [9.17, 15) is 9.18 Å². The lowest BCUT2D eigenvalue weighted by atomic mass is 9.73. The molecule has 0 radical (unpaired) electrons. The van der Waals surface area contributed by atoms with Crippen LogP contribution in [0.3, 0.4) is 0 Å². The zero-order chi connectivity index (χ0) is 19.6. The average molecular weight is 384 g/mol. The SMILES string of the molecule is Cc1cc(CN2CCCC3(CCC(=O)N(CCc4cnc[nH]4)C3)C2)ccc1F. The van der Waals surface area contributed by atoms with Gasteiger partial charge in [0.05, 0.1) is 6.33 Å². The molecular weight excluding hydrogens is 355 g/mol. The van der Waals surface area contributed by atoms with Crippen LogP contribution in [0.15, 0.2) is 30.7 Å². The first-order valence-electron chi connectivity index (χ1n) is 10.3. The van der Waals surface area contributed by atoms with Crippen molar-refractivity contribution in [3.63, 3.8) is 0 Å². The summed E-state index contributed by atoms with van der Waals surface area (Å²) in [5.74, 6) is 0.133. The van der Waals surface area contributed by atoms with E-state index in [-0.39, 0.29) is 17.1 Å². The molecule has 28 heavy (non-hydrogen) atoms. The van der Waals surface area contributed by atoms with Crippen molar-refractivity contribution in [2.75, 3.05) is 26.2 Å². The molecule has 5 nitrogen and oxygen atoms in total. The highest BCUT2D eigenvalue weighted by atomic mass is 19.1. The maximum absolute atomic E-state index is 13.6. The average Bonchev–Trinajstić information content (AvgIpc) is 3.20. The maximum atomic E-state index is 13.6. The summed E-state index contributed by atoms with van der Waals surface area (Å²) in [7, 11) is 0. The monoisotopic (exact) mass is 384 g/mol. The lowest BCUT2D eigenvalue weighted by molar-refractivity contribution is -0.139. The van der Waals surface area contributed by atoms with E-state index in [1.54, 1.807) is 12.4 Å². The summed E-state index contributed by atoms with van der Waals surface area (Å²) < 4.78 is 13.6. The van der Waals surface area contributed by atoms with Gasteiger partial charge in [0.1, 0.15) is 5.82 Å². The van der Waals surface area contributed by atoms with E-state index in [1.165, 1.54) is 12.0 Å². The Morgan fingerprint density at radius 1 is 1.29 bits per heavy atom. The van der Waals surface area contributed by atoms with E-state index >= 15 is 0 Å². The molecule has 2 aliphatic heterocycles. The van der Waals surface area contributed by atoms with Crippen LogP contribution in [0.25, 0.3) is 0 Å². The minimum absolute atomic E-state index is 0.141. The maximum Gasteiger partial charge on any atom is 0.222 e. The highest BCUT2D eigenvalue weighted by Crippen LogP contribution is 2.39. The molecule has 0 aliphatic carbocycles. The molecule has 3 heterocycles. The third-order valence-electron chi connectivity index (χ3n) is 6.32. The highest BCUT2D eigenvalue weighted by molar-refractivity contribution is 5.77. The lowest BCUT2D eigenvalue weighted by Crippen LogP contribution is -2.54. The number of amides is 1. The second-order valence-electron chi connectivity index (χ2n) is 8.54. The van der Waals surface area contributed by atoms with Gasteiger partial charge in [-0.3, -0.25) is 9.69 Å². The molecule has 4 rings (SSSR count). The van der Waals surface area contributed by atoms with Crippen LogP contribution in [0.1, 0.15) is 42.5 Å². The number of likely N-dealkylation sites (tertiary alicyclic amines) is 2. The Labute approximate surface area is 165 Å². The van der Waals surface area contributed by atoms with Crippen molar-refractivity contribution in [2.45, 2.75) is 45.6 Å². The summed E-state index contributed by atoms with van der Waals surface area (Å²) in [6, 6.07) is 5.42. The molecular formula is C22H29FN4O. The molecule has 1 N–H and O–H groups in total. The van der Waals surface area contributed by atoms with Crippen molar-refractivity contribution in [2.24, 2.45) is 5.41 Å². The number of hydrogen-bond donors (Lipinski definition) is 1. The summed E-state index contributed by atoms with van der Waals surface area (Å²) in [4.78, 5) is 24.2. The molecule has 0 bridgehead atoms. The van der Waals surface area contributed by atoms with Crippen molar-refractivity contribution < 1.29 is 9.18 Å². The minimum atomic E-state index is -0.141. The molecule has 6 heteroatoms. The third kappa shape index (κ3) is 4.27. The van der Waals surface area contributed by atoms with Crippen molar-refractivity contribution in [3.05, 3.63) is 53.4 Å². The summed E-state index contributed by atoms with van der Waals surface area (Å²) in [6.45, 7) is 6.35. The Kier molecular flexibility index (Phi) is 5.49. The number of benzene rings is 1. The number of H-pyrrole nitrogens is 1. The van der Waals surface area contributed by atoms with Crippen molar-refractivity contribution >= 4 is 5.91 Å². The smallest absolute Gasteiger partial charge is 0.222 e. The molecule has 1 unspecified atom stereocenters. The van der Waals surface area contributed by atoms with Gasteiger partial charge in [-0.05, 0) is 49.9 Å². The van der Waals surface area contributed by atoms with Crippen LogP contribution in [0.5, 0.6) is 0 Å². The second-order valence-corrected chi connectivity index (χ2v) is 8.54. The molecule has 2 fully saturated rings. The van der Waals surface area contributed by atoms with Gasteiger partial charge in [-0.15, -0.1) is 0 Å². The first-order valence-corrected chi connectivity index (χ1v) is 10.3. The van der Waals surface area contributed by atoms with Crippen LogP contribution in [0.4, 0.5) is 4.39 Å². The van der Waals surface area contributed by atoms with Gasteiger partial charge in [0.15, 0.2) is 0 Å². The summed E-state index contributed by atoms with van der Waals surface area (Å²) >= 11 is 0. The first-order chi connectivity index (χ1) is 13.5. The normalized spacial score (nSPS) is 23.5. The number of hydrogen-bond acceptors (Lipinski definition) is 3. The Morgan fingerprint density at radius 3 is 2.96 bits per heavy atom. The molecule has 150 valence electrons. The number of nitrogens with zero attached hydrogens (tertiary/aromatic N) is 3. The van der Waals surface area contributed by atoms with E-state index < -0.39 is 0 Å². The van der Waals surface area contributed by atoms with Gasteiger partial charge in [-0.1, -0.05) is 12.1 Å². The molecule has 2 saturated heterocycles. The Bertz CT molecular complexity index is 822. The van der Waals surface area contributed by atoms with E-state index in [0.717, 1.165) is 57.7 Å². The minimum Gasteiger partial charge on any atom is -0.348 e. The Morgan fingerprint density at radius 2 is 2.18 bits per heavy atom. The Balaban J connectivity index is 1.40. The van der Waals surface area contributed by atoms with Crippen LogP contribution < -0.4 is 0 Å². The third-order valence-corrected chi connectivity index (χ3v) is 6.32. The predicted octanol–water partition coefficient (Wildman–Crippen LogP) is 3.30. The van der Waals surface area contributed by atoms with Gasteiger partial charge in [0, 0.05) is 56.3 Å². The number of imidazole rings is 1. The number of aromatic amines is 1. The van der Waals surface area contributed by atoms with E-state index in [2.05, 4.69) is 19.8 Å². The fourth-order valence-corrected chi connectivity index (χ4v) is 4.82. The predicted molar refractivity (Wildman–Crippen MR) is 106 cm³/mol. The van der Waals surface area contributed by atoms with Crippen LogP contribution >= 0.6 is 0 Å². The van der Waals surface area contributed by atoms with Crippen molar-refractivity contribution in [1.29, 1.82) is 0 Å². The molecule has 1 atom stereocenters. The number of rotatable bonds is 5. The van der Waals surface area contributed by atoms with Gasteiger partial charge in [0.2, 0.25) is 5.91 Å². The zero-order valence-corrected chi connectivity index (χ0v) is 16.6. The van der Waals surface area contributed by atoms with Crippen LogP contribution in [-0.2, 0) is 17.8 Å². The summed E-state index contributed by atoms with van der Waals surface area (Å²) in [5.41, 5.74) is 3.13. The summed E-state index contributed by atoms with van der Waals surface area (Å²) in [5, 5.41) is 0. The van der Waals surface area contributed by atoms with Crippen LogP contribution in [0.2, 0.25) is 0 Å². The number of aromatic nitrogens is 2. The summed E-state index contributed by atoms with van der Waals surface area (Å²) in [6.07, 6.45) is 8.29. The number of nitrogens with one attached hydrogen (secondary N) is 1. The lowest BCUT2D eigenvalue weighted by Gasteiger charge is -2.48. The van der Waals surface area contributed by atoms with Gasteiger partial charge in [-0.2, -0.15) is 0 Å². The fourth-order valence-electron chi connectivity index (χ4n) is 4.82. The quantitative estimate of drug-likeness (QED) is 0.861. The molecule has 1 aromatic heterocycles. The largest absolute Gasteiger partial charge is 0.348 e. The van der Waals surface area contributed by atoms with E-state index in [0.29, 0.717) is 12.0 Å². The molecule has 1 aromatic carbocycles. The standard InChI is InChI=1S/C22H29FN4O/c1-17-11-18(3-4-20(17)23)13-26-9-2-7-22(14-26)8-5-21(28)27(15-22)10-6-19-12-24-16-25-19/h3-4,11-12,16H,2,5-10,13-15H2,1H3,(H,24,25). The highest BCUT2D eigenvalue weighted by Gasteiger charge is 2.41. The number of carbonyl (C=O) groups is 1. The van der Waals surface area contributed by atoms with Gasteiger partial charge >= 0.3 is 0 Å².